The maximum Gasteiger partial charge on any atom is 0.416 e. The molecule has 0 spiro atoms. The lowest BCUT2D eigenvalue weighted by molar-refractivity contribution is -0.137. The number of carbonyl (C=O) groups excluding carboxylic acids is 2. The minimum Gasteiger partial charge on any atom is -0.462 e. The number of thiophene rings is 1. The van der Waals surface area contributed by atoms with Crippen LogP contribution < -0.4 is 10.9 Å². The Kier molecular flexibility index (Phi) is 5.69. The van der Waals surface area contributed by atoms with Gasteiger partial charge in [-0.05, 0) is 25.1 Å². The number of hydrogen-bond donors (Lipinski definition) is 1. The predicted molar refractivity (Wildman–Crippen MR) is 99.9 cm³/mol. The van der Waals surface area contributed by atoms with E-state index in [-0.39, 0.29) is 23.2 Å². The Morgan fingerprint density at radius 1 is 1.31 bits per heavy atom. The summed E-state index contributed by atoms with van der Waals surface area (Å²) >= 11 is 1.08. The van der Waals surface area contributed by atoms with Gasteiger partial charge in [-0.1, -0.05) is 6.07 Å². The fourth-order valence-electron chi connectivity index (χ4n) is 2.57. The molecule has 11 heteroatoms. The van der Waals surface area contributed by atoms with Crippen molar-refractivity contribution in [3.63, 3.8) is 0 Å². The number of benzene rings is 1. The van der Waals surface area contributed by atoms with E-state index in [2.05, 4.69) is 10.3 Å². The second-order valence-electron chi connectivity index (χ2n) is 5.85. The largest absolute Gasteiger partial charge is 0.462 e. The van der Waals surface area contributed by atoms with Crippen molar-refractivity contribution in [1.82, 2.24) is 9.55 Å². The van der Waals surface area contributed by atoms with Crippen molar-refractivity contribution in [1.29, 1.82) is 0 Å². The summed E-state index contributed by atoms with van der Waals surface area (Å²) in [6, 6.07) is 4.13. The Hall–Kier alpha value is -3.21. The highest BCUT2D eigenvalue weighted by Gasteiger charge is 2.30. The number of ether oxygens (including phenoxy) is 1. The van der Waals surface area contributed by atoms with Gasteiger partial charge >= 0.3 is 12.1 Å². The van der Waals surface area contributed by atoms with Crippen LogP contribution in [0.15, 0.2) is 40.8 Å². The summed E-state index contributed by atoms with van der Waals surface area (Å²) < 4.78 is 44.2. The lowest BCUT2D eigenvalue weighted by Gasteiger charge is -2.10. The van der Waals surface area contributed by atoms with Gasteiger partial charge in [0.1, 0.15) is 11.4 Å². The van der Waals surface area contributed by atoms with E-state index in [0.29, 0.717) is 4.83 Å². The maximum atomic E-state index is 12.8. The van der Waals surface area contributed by atoms with Crippen molar-refractivity contribution < 1.29 is 27.5 Å². The molecule has 2 heterocycles. The second kappa shape index (κ2) is 8.03. The lowest BCUT2D eigenvalue weighted by atomic mass is 10.2. The molecule has 7 nitrogen and oxygen atoms in total. The first-order valence-corrected chi connectivity index (χ1v) is 9.19. The Bertz CT molecular complexity index is 1140. The number of alkyl halides is 3. The zero-order chi connectivity index (χ0) is 21.2. The highest BCUT2D eigenvalue weighted by molar-refractivity contribution is 7.17. The lowest BCUT2D eigenvalue weighted by Crippen LogP contribution is -2.28. The fraction of sp³-hybridized carbons (Fsp3) is 0.222. The van der Waals surface area contributed by atoms with Crippen LogP contribution in [0.1, 0.15) is 22.8 Å². The zero-order valence-corrected chi connectivity index (χ0v) is 15.8. The minimum absolute atomic E-state index is 0.0304. The van der Waals surface area contributed by atoms with Gasteiger partial charge in [-0.15, -0.1) is 11.3 Å². The molecule has 0 unspecified atom stereocenters. The van der Waals surface area contributed by atoms with E-state index in [1.807, 2.05) is 0 Å². The van der Waals surface area contributed by atoms with E-state index in [1.165, 1.54) is 11.4 Å². The van der Waals surface area contributed by atoms with Crippen LogP contribution in [0.4, 0.5) is 18.9 Å². The van der Waals surface area contributed by atoms with Gasteiger partial charge in [-0.3, -0.25) is 14.2 Å². The number of hydrogen-bond acceptors (Lipinski definition) is 6. The standard InChI is InChI=1S/C18H14F3N3O4S/c1-2-28-17(27)12-8-29-15-14(12)16(26)24(9-22-15)7-13(25)23-11-5-3-4-10(6-11)18(19,20)21/h3-6,8-9H,2,7H2,1H3,(H,23,25). The summed E-state index contributed by atoms with van der Waals surface area (Å²) in [5.74, 6) is -1.40. The SMILES string of the molecule is CCOC(=O)c1csc2ncn(CC(=O)Nc3cccc(C(F)(F)F)c3)c(=O)c12. The van der Waals surface area contributed by atoms with Gasteiger partial charge in [0.25, 0.3) is 5.56 Å². The molecule has 1 aromatic carbocycles. The van der Waals surface area contributed by atoms with E-state index < -0.39 is 35.7 Å². The van der Waals surface area contributed by atoms with Crippen molar-refractivity contribution in [2.24, 2.45) is 0 Å². The molecule has 0 saturated heterocycles. The minimum atomic E-state index is -4.55. The summed E-state index contributed by atoms with van der Waals surface area (Å²) in [7, 11) is 0. The number of nitrogens with zero attached hydrogens (tertiary/aromatic N) is 2. The molecule has 0 aliphatic rings. The molecule has 152 valence electrons. The molecule has 0 fully saturated rings. The topological polar surface area (TPSA) is 90.3 Å². The molecule has 0 aliphatic heterocycles. The first kappa shape index (κ1) is 20.5. The third-order valence-corrected chi connectivity index (χ3v) is 4.73. The molecule has 3 rings (SSSR count). The number of carbonyl (C=O) groups is 2. The highest BCUT2D eigenvalue weighted by atomic mass is 32.1. The third kappa shape index (κ3) is 4.45. The summed E-state index contributed by atoms with van der Waals surface area (Å²) in [4.78, 5) is 41.3. The van der Waals surface area contributed by atoms with Crippen molar-refractivity contribution in [2.75, 3.05) is 11.9 Å². The van der Waals surface area contributed by atoms with Crippen molar-refractivity contribution in [3.8, 4) is 0 Å². The summed E-state index contributed by atoms with van der Waals surface area (Å²) in [6.07, 6.45) is -3.41. The molecule has 1 amide bonds. The van der Waals surface area contributed by atoms with Crippen LogP contribution in [-0.2, 0) is 22.3 Å². The van der Waals surface area contributed by atoms with Crippen LogP contribution >= 0.6 is 11.3 Å². The van der Waals surface area contributed by atoms with E-state index >= 15 is 0 Å². The van der Waals surface area contributed by atoms with Crippen LogP contribution in [-0.4, -0.2) is 28.0 Å². The van der Waals surface area contributed by atoms with Crippen LogP contribution in [0.25, 0.3) is 10.2 Å². The number of amides is 1. The Morgan fingerprint density at radius 3 is 2.76 bits per heavy atom. The summed E-state index contributed by atoms with van der Waals surface area (Å²) in [5, 5.41) is 3.79. The zero-order valence-electron chi connectivity index (χ0n) is 14.9. The molecular formula is C18H14F3N3O4S. The molecule has 2 aromatic heterocycles. The van der Waals surface area contributed by atoms with Gasteiger partial charge in [0.05, 0.1) is 29.4 Å². The number of esters is 1. The molecule has 0 aliphatic carbocycles. The quantitative estimate of drug-likeness (QED) is 0.634. The van der Waals surface area contributed by atoms with Crippen molar-refractivity contribution in [3.05, 3.63) is 57.5 Å². The molecule has 3 aromatic rings. The summed E-state index contributed by atoms with van der Waals surface area (Å²) in [5.41, 5.74) is -1.54. The molecule has 0 atom stereocenters. The molecular weight excluding hydrogens is 411 g/mol. The normalized spacial score (nSPS) is 11.4. The Labute approximate surface area is 165 Å². The monoisotopic (exact) mass is 425 g/mol. The fourth-order valence-corrected chi connectivity index (χ4v) is 3.43. The van der Waals surface area contributed by atoms with Gasteiger partial charge < -0.3 is 10.1 Å². The maximum absolute atomic E-state index is 12.8. The van der Waals surface area contributed by atoms with Gasteiger partial charge in [0.2, 0.25) is 5.91 Å². The van der Waals surface area contributed by atoms with Crippen LogP contribution in [0.2, 0.25) is 0 Å². The average molecular weight is 425 g/mol. The number of anilines is 1. The van der Waals surface area contributed by atoms with Crippen LogP contribution in [0, 0.1) is 0 Å². The van der Waals surface area contributed by atoms with Crippen molar-refractivity contribution >= 4 is 39.1 Å². The van der Waals surface area contributed by atoms with E-state index in [4.69, 9.17) is 4.74 Å². The Balaban J connectivity index is 1.84. The molecule has 0 radical (unpaired) electrons. The first-order valence-electron chi connectivity index (χ1n) is 8.31. The second-order valence-corrected chi connectivity index (χ2v) is 6.71. The Morgan fingerprint density at radius 2 is 2.07 bits per heavy atom. The first-order chi connectivity index (χ1) is 13.7. The van der Waals surface area contributed by atoms with Gasteiger partial charge in [0.15, 0.2) is 0 Å². The molecule has 0 saturated carbocycles. The van der Waals surface area contributed by atoms with Crippen LogP contribution in [0.3, 0.4) is 0 Å². The molecule has 29 heavy (non-hydrogen) atoms. The molecule has 1 N–H and O–H groups in total. The smallest absolute Gasteiger partial charge is 0.416 e. The van der Waals surface area contributed by atoms with Gasteiger partial charge in [-0.25, -0.2) is 9.78 Å². The van der Waals surface area contributed by atoms with Gasteiger partial charge in [-0.2, -0.15) is 13.2 Å². The van der Waals surface area contributed by atoms with E-state index in [1.54, 1.807) is 6.92 Å². The number of aromatic nitrogens is 2. The van der Waals surface area contributed by atoms with E-state index in [9.17, 15) is 27.6 Å². The number of fused-ring (bicyclic) bond motifs is 1. The number of halogens is 3. The average Bonchev–Trinajstić information content (AvgIpc) is 3.09. The van der Waals surface area contributed by atoms with Gasteiger partial charge in [0, 0.05) is 11.1 Å². The van der Waals surface area contributed by atoms with E-state index in [0.717, 1.165) is 40.4 Å². The highest BCUT2D eigenvalue weighted by Crippen LogP contribution is 2.30. The van der Waals surface area contributed by atoms with Crippen molar-refractivity contribution in [2.45, 2.75) is 19.6 Å². The summed E-state index contributed by atoms with van der Waals surface area (Å²) in [6.45, 7) is 1.27. The number of rotatable bonds is 5. The van der Waals surface area contributed by atoms with Crippen LogP contribution in [0.5, 0.6) is 0 Å². The predicted octanol–water partition coefficient (Wildman–Crippen LogP) is 3.29. The number of nitrogens with one attached hydrogen (secondary N) is 1. The molecule has 0 bridgehead atoms. The third-order valence-electron chi connectivity index (χ3n) is 3.84.